The normalized spacial score (nSPS) is 14.2. The summed E-state index contributed by atoms with van der Waals surface area (Å²) in [4.78, 5) is 37.7. The number of nitrogens with zero attached hydrogens (tertiary/aromatic N) is 1. The van der Waals surface area contributed by atoms with Crippen LogP contribution in [0.3, 0.4) is 0 Å². The quantitative estimate of drug-likeness (QED) is 0.0205. The van der Waals surface area contributed by atoms with Crippen molar-refractivity contribution in [3.05, 3.63) is 85.1 Å². The zero-order chi connectivity index (χ0) is 57.9. The molecule has 10 heteroatoms. The smallest absolute Gasteiger partial charge is 0.456 e. The molecule has 0 aromatic carbocycles. The van der Waals surface area contributed by atoms with Gasteiger partial charge in [-0.15, -0.1) is 0 Å². The lowest BCUT2D eigenvalue weighted by Gasteiger charge is -2.27. The van der Waals surface area contributed by atoms with Gasteiger partial charge in [-0.3, -0.25) is 18.6 Å². The molecule has 3 atom stereocenters. The van der Waals surface area contributed by atoms with Crippen LogP contribution in [-0.4, -0.2) is 74.3 Å². The number of carbonyl (C=O) groups excluding carboxylic acids is 2. The number of likely N-dealkylation sites (N-methyl/N-ethyl adjacent to an activating group) is 1. The van der Waals surface area contributed by atoms with Crippen molar-refractivity contribution in [1.29, 1.82) is 0 Å². The van der Waals surface area contributed by atoms with Crippen LogP contribution in [0.15, 0.2) is 85.1 Å². The number of ether oxygens (including phenoxy) is 1. The minimum absolute atomic E-state index is 0.0366. The van der Waals surface area contributed by atoms with E-state index in [-0.39, 0.29) is 31.5 Å². The molecule has 458 valence electrons. The number of unbranched alkanes of at least 4 members (excludes halogenated alkanes) is 31. The van der Waals surface area contributed by atoms with Gasteiger partial charge in [0, 0.05) is 12.8 Å². The molecule has 0 bridgehead atoms. The van der Waals surface area contributed by atoms with Crippen LogP contribution in [0.5, 0.6) is 0 Å². The second kappa shape index (κ2) is 58.4. The van der Waals surface area contributed by atoms with Gasteiger partial charge in [-0.2, -0.15) is 0 Å². The largest absolute Gasteiger partial charge is 0.472 e. The van der Waals surface area contributed by atoms with E-state index in [1.165, 1.54) is 154 Å². The van der Waals surface area contributed by atoms with E-state index in [0.717, 1.165) is 103 Å². The molecular weight excluding hydrogens is 1000 g/mol. The second-order valence-electron chi connectivity index (χ2n) is 23.3. The zero-order valence-electron chi connectivity index (χ0n) is 52.3. The maximum absolute atomic E-state index is 13.6. The Labute approximate surface area is 488 Å². The van der Waals surface area contributed by atoms with Crippen molar-refractivity contribution in [3.63, 3.8) is 0 Å². The first-order valence-electron chi connectivity index (χ1n) is 32.9. The van der Waals surface area contributed by atoms with E-state index in [4.69, 9.17) is 13.8 Å². The summed E-state index contributed by atoms with van der Waals surface area (Å²) < 4.78 is 30.7. The number of allylic oxidation sites excluding steroid dienone is 13. The highest BCUT2D eigenvalue weighted by atomic mass is 31.2. The van der Waals surface area contributed by atoms with Crippen LogP contribution in [0.1, 0.15) is 290 Å². The number of quaternary nitrogens is 1. The van der Waals surface area contributed by atoms with E-state index in [1.807, 2.05) is 33.3 Å². The zero-order valence-corrected chi connectivity index (χ0v) is 53.2. The van der Waals surface area contributed by atoms with Gasteiger partial charge in [0.25, 0.3) is 0 Å². The van der Waals surface area contributed by atoms with Gasteiger partial charge in [0.1, 0.15) is 19.3 Å². The summed E-state index contributed by atoms with van der Waals surface area (Å²) in [6.45, 7) is 6.89. The van der Waals surface area contributed by atoms with Crippen LogP contribution in [-0.2, 0) is 27.9 Å². The van der Waals surface area contributed by atoms with Crippen molar-refractivity contribution in [2.45, 2.75) is 303 Å². The Bertz CT molecular complexity index is 1630. The van der Waals surface area contributed by atoms with Crippen LogP contribution >= 0.6 is 7.82 Å². The number of phosphoric acid groups is 1. The molecule has 9 nitrogen and oxygen atoms in total. The fraction of sp³-hybridized carbons (Fsp3) is 0.768. The maximum Gasteiger partial charge on any atom is 0.472 e. The average Bonchev–Trinajstić information content (AvgIpc) is 3.41. The number of hydrogen-bond donors (Lipinski definition) is 2. The molecule has 0 rings (SSSR count). The van der Waals surface area contributed by atoms with E-state index < -0.39 is 20.0 Å². The Morgan fingerprint density at radius 2 is 0.810 bits per heavy atom. The molecule has 0 saturated heterocycles. The lowest BCUT2D eigenvalue weighted by molar-refractivity contribution is -0.870. The van der Waals surface area contributed by atoms with E-state index in [9.17, 15) is 19.0 Å². The fourth-order valence-electron chi connectivity index (χ4n) is 9.26. The highest BCUT2D eigenvalue weighted by molar-refractivity contribution is 7.47. The predicted octanol–water partition coefficient (Wildman–Crippen LogP) is 20.6. The van der Waals surface area contributed by atoms with E-state index in [2.05, 4.69) is 99.0 Å². The van der Waals surface area contributed by atoms with Gasteiger partial charge in [0.2, 0.25) is 5.91 Å². The third-order valence-electron chi connectivity index (χ3n) is 14.3. The maximum atomic E-state index is 13.6. The molecule has 0 aromatic heterocycles. The first kappa shape index (κ1) is 76.2. The Morgan fingerprint density at radius 1 is 0.456 bits per heavy atom. The molecule has 1 amide bonds. The van der Waals surface area contributed by atoms with Gasteiger partial charge in [-0.1, -0.05) is 260 Å². The molecular formula is C69H126N2O7P+. The highest BCUT2D eigenvalue weighted by Gasteiger charge is 2.30. The summed E-state index contributed by atoms with van der Waals surface area (Å²) in [5.74, 6) is -0.512. The van der Waals surface area contributed by atoms with Crippen molar-refractivity contribution in [1.82, 2.24) is 5.32 Å². The molecule has 2 N–H and O–H groups in total. The number of carbonyl (C=O) groups is 2. The lowest BCUT2D eigenvalue weighted by atomic mass is 10.0. The second-order valence-corrected chi connectivity index (χ2v) is 24.7. The molecule has 0 spiro atoms. The molecule has 3 unspecified atom stereocenters. The topological polar surface area (TPSA) is 111 Å². The molecule has 79 heavy (non-hydrogen) atoms. The van der Waals surface area contributed by atoms with E-state index in [1.54, 1.807) is 0 Å². The minimum Gasteiger partial charge on any atom is -0.456 e. The SMILES string of the molecule is CC/C=C\C/C=C\C/C=C\C/C=C\C/C=C\CCCCCCCCCCCCCC(=O)NC(COP(=O)(O)OCC[N+](C)(C)C)C(/C=C\CCCCCCCCCCC)OC(=O)CCCCCCCCC/C=C\CCCCCC. The Morgan fingerprint density at radius 3 is 1.24 bits per heavy atom. The first-order chi connectivity index (χ1) is 38.4. The molecule has 0 aliphatic rings. The Balaban J connectivity index is 5.05. The first-order valence-corrected chi connectivity index (χ1v) is 34.4. The van der Waals surface area contributed by atoms with Gasteiger partial charge < -0.3 is 19.4 Å². The summed E-state index contributed by atoms with van der Waals surface area (Å²) in [7, 11) is 1.49. The van der Waals surface area contributed by atoms with E-state index in [0.29, 0.717) is 17.4 Å². The van der Waals surface area contributed by atoms with Gasteiger partial charge in [-0.05, 0) is 102 Å². The van der Waals surface area contributed by atoms with Crippen molar-refractivity contribution in [3.8, 4) is 0 Å². The molecule has 0 aliphatic carbocycles. The van der Waals surface area contributed by atoms with Crippen LogP contribution in [0, 0.1) is 0 Å². The molecule has 0 fully saturated rings. The highest BCUT2D eigenvalue weighted by Crippen LogP contribution is 2.43. The number of rotatable bonds is 59. The lowest BCUT2D eigenvalue weighted by Crippen LogP contribution is -2.47. The van der Waals surface area contributed by atoms with Crippen LogP contribution < -0.4 is 5.32 Å². The van der Waals surface area contributed by atoms with Gasteiger partial charge in [0.05, 0.1) is 33.8 Å². The van der Waals surface area contributed by atoms with Gasteiger partial charge in [-0.25, -0.2) is 4.57 Å². The summed E-state index contributed by atoms with van der Waals surface area (Å²) in [6, 6.07) is -0.854. The van der Waals surface area contributed by atoms with Crippen LogP contribution in [0.25, 0.3) is 0 Å². The predicted molar refractivity (Wildman–Crippen MR) is 341 cm³/mol. The monoisotopic (exact) mass is 1130 g/mol. The van der Waals surface area contributed by atoms with Gasteiger partial charge in [0.15, 0.2) is 0 Å². The molecule has 0 heterocycles. The number of amides is 1. The van der Waals surface area contributed by atoms with Crippen molar-refractivity contribution in [2.75, 3.05) is 40.9 Å². The van der Waals surface area contributed by atoms with Gasteiger partial charge >= 0.3 is 13.8 Å². The number of phosphoric ester groups is 1. The minimum atomic E-state index is -4.45. The molecule has 0 aromatic rings. The molecule has 0 aliphatic heterocycles. The summed E-state index contributed by atoms with van der Waals surface area (Å²) in [5, 5.41) is 3.06. The number of esters is 1. The summed E-state index contributed by atoms with van der Waals surface area (Å²) in [6.07, 6.45) is 77.3. The number of hydrogen-bond acceptors (Lipinski definition) is 6. The van der Waals surface area contributed by atoms with E-state index >= 15 is 0 Å². The van der Waals surface area contributed by atoms with Crippen molar-refractivity contribution >= 4 is 19.7 Å². The Hall–Kier alpha value is -2.81. The van der Waals surface area contributed by atoms with Crippen LogP contribution in [0.4, 0.5) is 0 Å². The summed E-state index contributed by atoms with van der Waals surface area (Å²) >= 11 is 0. The Kier molecular flexibility index (Phi) is 56.3. The third kappa shape index (κ3) is 59.6. The summed E-state index contributed by atoms with van der Waals surface area (Å²) in [5.41, 5.74) is 0. The third-order valence-corrected chi connectivity index (χ3v) is 15.3. The standard InChI is InChI=1S/C69H125N2O7P/c1-7-10-13-16-19-22-25-27-29-30-31-32-33-34-35-36-37-38-39-40-42-43-46-49-52-55-58-61-68(72)70-66(65-77-79(74,75)76-64-63-71(4,5)6)67(60-57-54-51-48-45-24-21-18-15-12-9-3)78-69(73)62-59-56-53-50-47-44-41-28-26-23-20-17-14-11-8-2/h10,13,19,22-23,26-27,29,31-32,34-35,57,60,66-67H,7-9,11-12,14-18,20-21,24-25,28,30,33,36-56,58-59,61-65H2,1-6H3,(H-,70,72,74,75)/p+1/b13-10-,22-19-,26-23-,29-27-,32-31-,35-34-,60-57-. The number of nitrogens with one attached hydrogen (secondary N) is 1. The van der Waals surface area contributed by atoms with Crippen molar-refractivity contribution in [2.24, 2.45) is 0 Å². The molecule has 0 radical (unpaired) electrons. The fourth-order valence-corrected chi connectivity index (χ4v) is 9.99. The van der Waals surface area contributed by atoms with Crippen molar-refractivity contribution < 1.29 is 37.3 Å². The average molecular weight is 1130 g/mol. The molecule has 0 saturated carbocycles. The van der Waals surface area contributed by atoms with Crippen LogP contribution in [0.2, 0.25) is 0 Å².